The van der Waals surface area contributed by atoms with Crippen LogP contribution in [0.5, 0.6) is 5.75 Å². The van der Waals surface area contributed by atoms with Gasteiger partial charge in [0.1, 0.15) is 5.75 Å². The van der Waals surface area contributed by atoms with E-state index < -0.39 is 0 Å². The molecule has 0 saturated carbocycles. The topological polar surface area (TPSA) is 64.3 Å². The molecule has 0 unspecified atom stereocenters. The van der Waals surface area contributed by atoms with Crippen LogP contribution in [0.4, 0.5) is 0 Å². The third-order valence-corrected chi connectivity index (χ3v) is 3.66. The molecule has 21 heavy (non-hydrogen) atoms. The number of amides is 1. The number of carbonyl (C=O) groups is 1. The summed E-state index contributed by atoms with van der Waals surface area (Å²) in [6.07, 6.45) is 1.91. The van der Waals surface area contributed by atoms with Gasteiger partial charge >= 0.3 is 0 Å². The van der Waals surface area contributed by atoms with Gasteiger partial charge in [-0.05, 0) is 52.5 Å². The molecule has 0 aromatic heterocycles. The van der Waals surface area contributed by atoms with Gasteiger partial charge in [0.25, 0.3) is 5.91 Å². The summed E-state index contributed by atoms with van der Waals surface area (Å²) in [5, 5.41) is 0. The van der Waals surface area contributed by atoms with Crippen molar-refractivity contribution in [2.24, 2.45) is 5.84 Å². The Kier molecular flexibility index (Phi) is 5.78. The van der Waals surface area contributed by atoms with Crippen LogP contribution in [0.2, 0.25) is 0 Å². The first-order valence-electron chi connectivity index (χ1n) is 6.68. The molecule has 110 valence electrons. The second-order valence-electron chi connectivity index (χ2n) is 4.56. The zero-order valence-corrected chi connectivity index (χ0v) is 13.1. The van der Waals surface area contributed by atoms with Crippen LogP contribution in [0, 0.1) is 0 Å². The highest BCUT2D eigenvalue weighted by molar-refractivity contribution is 9.10. The second kappa shape index (κ2) is 7.81. The number of benzene rings is 2. The van der Waals surface area contributed by atoms with Crippen molar-refractivity contribution in [3.05, 3.63) is 64.1 Å². The summed E-state index contributed by atoms with van der Waals surface area (Å²) in [5.74, 6) is 5.49. The van der Waals surface area contributed by atoms with Crippen molar-refractivity contribution in [3.8, 4) is 5.75 Å². The van der Waals surface area contributed by atoms with E-state index in [0.717, 1.165) is 23.1 Å². The van der Waals surface area contributed by atoms with Crippen molar-refractivity contribution in [1.82, 2.24) is 5.43 Å². The molecule has 0 atom stereocenters. The molecule has 0 saturated heterocycles. The first kappa shape index (κ1) is 15.5. The first-order chi connectivity index (χ1) is 10.2. The molecule has 2 aromatic rings. The zero-order chi connectivity index (χ0) is 15.1. The predicted octanol–water partition coefficient (Wildman–Crippen LogP) is 3.06. The molecule has 0 aliphatic heterocycles. The van der Waals surface area contributed by atoms with Crippen molar-refractivity contribution in [2.45, 2.75) is 12.8 Å². The standard InChI is InChI=1S/C16H17BrN2O2/c17-14-11-13(16(20)19-18)8-9-15(14)21-10-4-7-12-5-2-1-3-6-12/h1-3,5-6,8-9,11H,4,7,10,18H2,(H,19,20). The fraction of sp³-hybridized carbons (Fsp3) is 0.188. The predicted molar refractivity (Wildman–Crippen MR) is 86.1 cm³/mol. The Morgan fingerprint density at radius 1 is 1.19 bits per heavy atom. The van der Waals surface area contributed by atoms with Gasteiger partial charge in [-0.15, -0.1) is 0 Å². The molecular formula is C16H17BrN2O2. The van der Waals surface area contributed by atoms with Gasteiger partial charge in [-0.1, -0.05) is 30.3 Å². The van der Waals surface area contributed by atoms with Crippen LogP contribution in [-0.2, 0) is 6.42 Å². The molecule has 0 spiro atoms. The highest BCUT2D eigenvalue weighted by atomic mass is 79.9. The molecule has 0 radical (unpaired) electrons. The third kappa shape index (κ3) is 4.58. The number of ether oxygens (including phenoxy) is 1. The van der Waals surface area contributed by atoms with Crippen LogP contribution in [0.1, 0.15) is 22.3 Å². The van der Waals surface area contributed by atoms with Gasteiger partial charge in [0.15, 0.2) is 0 Å². The van der Waals surface area contributed by atoms with E-state index in [2.05, 4.69) is 33.5 Å². The Morgan fingerprint density at radius 3 is 2.62 bits per heavy atom. The number of nitrogens with two attached hydrogens (primary N) is 1. The van der Waals surface area contributed by atoms with E-state index in [1.165, 1.54) is 5.56 Å². The molecular weight excluding hydrogens is 332 g/mol. The summed E-state index contributed by atoms with van der Waals surface area (Å²) in [7, 11) is 0. The minimum Gasteiger partial charge on any atom is -0.492 e. The molecule has 0 fully saturated rings. The lowest BCUT2D eigenvalue weighted by Crippen LogP contribution is -2.29. The third-order valence-electron chi connectivity index (χ3n) is 3.04. The van der Waals surface area contributed by atoms with E-state index in [9.17, 15) is 4.79 Å². The number of halogens is 1. The van der Waals surface area contributed by atoms with Gasteiger partial charge in [-0.25, -0.2) is 5.84 Å². The lowest BCUT2D eigenvalue weighted by atomic mass is 10.1. The van der Waals surface area contributed by atoms with Gasteiger partial charge in [-0.2, -0.15) is 0 Å². The average molecular weight is 349 g/mol. The van der Waals surface area contributed by atoms with Crippen LogP contribution in [-0.4, -0.2) is 12.5 Å². The van der Waals surface area contributed by atoms with E-state index in [1.807, 2.05) is 18.2 Å². The lowest BCUT2D eigenvalue weighted by molar-refractivity contribution is 0.0953. The molecule has 4 nitrogen and oxygen atoms in total. The SMILES string of the molecule is NNC(=O)c1ccc(OCCCc2ccccc2)c(Br)c1. The number of hydrogen-bond acceptors (Lipinski definition) is 3. The molecule has 2 aromatic carbocycles. The quantitative estimate of drug-likeness (QED) is 0.365. The van der Waals surface area contributed by atoms with Crippen molar-refractivity contribution in [2.75, 3.05) is 6.61 Å². The monoisotopic (exact) mass is 348 g/mol. The number of rotatable bonds is 6. The fourth-order valence-corrected chi connectivity index (χ4v) is 2.44. The summed E-state index contributed by atoms with van der Waals surface area (Å²) in [4.78, 5) is 11.4. The highest BCUT2D eigenvalue weighted by Crippen LogP contribution is 2.26. The van der Waals surface area contributed by atoms with E-state index in [0.29, 0.717) is 12.2 Å². The molecule has 1 amide bonds. The Bertz CT molecular complexity index is 602. The van der Waals surface area contributed by atoms with Gasteiger partial charge in [0.2, 0.25) is 0 Å². The van der Waals surface area contributed by atoms with Gasteiger partial charge < -0.3 is 4.74 Å². The summed E-state index contributed by atoms with van der Waals surface area (Å²) >= 11 is 3.40. The molecule has 2 rings (SSSR count). The Hall–Kier alpha value is -1.85. The van der Waals surface area contributed by atoms with Crippen LogP contribution in [0.25, 0.3) is 0 Å². The smallest absolute Gasteiger partial charge is 0.265 e. The van der Waals surface area contributed by atoms with E-state index in [4.69, 9.17) is 10.6 Å². The number of carbonyl (C=O) groups excluding carboxylic acids is 1. The average Bonchev–Trinajstić information content (AvgIpc) is 2.53. The lowest BCUT2D eigenvalue weighted by Gasteiger charge is -2.09. The maximum Gasteiger partial charge on any atom is 0.265 e. The normalized spacial score (nSPS) is 10.2. The summed E-state index contributed by atoms with van der Waals surface area (Å²) in [6.45, 7) is 0.621. The number of hydrazine groups is 1. The molecule has 0 aliphatic rings. The van der Waals surface area contributed by atoms with Crippen molar-refractivity contribution in [1.29, 1.82) is 0 Å². The van der Waals surface area contributed by atoms with Crippen LogP contribution < -0.4 is 16.0 Å². The fourth-order valence-electron chi connectivity index (χ4n) is 1.95. The number of hydrogen-bond donors (Lipinski definition) is 2. The summed E-state index contributed by atoms with van der Waals surface area (Å²) in [5.41, 5.74) is 3.89. The van der Waals surface area contributed by atoms with Crippen molar-refractivity contribution >= 4 is 21.8 Å². The Labute approximate surface area is 132 Å². The second-order valence-corrected chi connectivity index (χ2v) is 5.41. The van der Waals surface area contributed by atoms with Crippen molar-refractivity contribution < 1.29 is 9.53 Å². The highest BCUT2D eigenvalue weighted by Gasteiger charge is 2.07. The molecule has 3 N–H and O–H groups in total. The van der Waals surface area contributed by atoms with E-state index >= 15 is 0 Å². The molecule has 0 aliphatic carbocycles. The molecule has 5 heteroatoms. The number of nitrogen functional groups attached to an aromatic ring is 1. The Morgan fingerprint density at radius 2 is 1.95 bits per heavy atom. The largest absolute Gasteiger partial charge is 0.492 e. The Balaban J connectivity index is 1.85. The van der Waals surface area contributed by atoms with Crippen LogP contribution in [0.3, 0.4) is 0 Å². The molecule has 0 bridgehead atoms. The van der Waals surface area contributed by atoms with E-state index in [1.54, 1.807) is 18.2 Å². The maximum absolute atomic E-state index is 11.4. The van der Waals surface area contributed by atoms with Gasteiger partial charge in [0, 0.05) is 5.56 Å². The first-order valence-corrected chi connectivity index (χ1v) is 7.47. The maximum atomic E-state index is 11.4. The summed E-state index contributed by atoms with van der Waals surface area (Å²) < 4.78 is 6.46. The zero-order valence-electron chi connectivity index (χ0n) is 11.5. The van der Waals surface area contributed by atoms with Crippen LogP contribution >= 0.6 is 15.9 Å². The number of nitrogens with one attached hydrogen (secondary N) is 1. The minimum absolute atomic E-state index is 0.327. The van der Waals surface area contributed by atoms with E-state index in [-0.39, 0.29) is 5.91 Å². The molecule has 0 heterocycles. The van der Waals surface area contributed by atoms with Crippen LogP contribution in [0.15, 0.2) is 53.0 Å². The van der Waals surface area contributed by atoms with Gasteiger partial charge in [0.05, 0.1) is 11.1 Å². The minimum atomic E-state index is -0.327. The van der Waals surface area contributed by atoms with Crippen molar-refractivity contribution in [3.63, 3.8) is 0 Å². The number of aryl methyl sites for hydroxylation is 1. The van der Waals surface area contributed by atoms with Gasteiger partial charge in [-0.3, -0.25) is 10.2 Å². The summed E-state index contributed by atoms with van der Waals surface area (Å²) in [6, 6.07) is 15.4.